The second-order valence-corrected chi connectivity index (χ2v) is 5.67. The minimum Gasteiger partial charge on any atom is -0.504 e. The van der Waals surface area contributed by atoms with Crippen molar-refractivity contribution in [3.63, 3.8) is 0 Å². The molecule has 0 bridgehead atoms. The van der Waals surface area contributed by atoms with Crippen LogP contribution in [0.2, 0.25) is 0 Å². The van der Waals surface area contributed by atoms with Gasteiger partial charge in [-0.1, -0.05) is 18.2 Å². The van der Waals surface area contributed by atoms with Gasteiger partial charge in [-0.15, -0.1) is 0 Å². The molecule has 1 heterocycles. The number of ether oxygens (including phenoxy) is 2. The van der Waals surface area contributed by atoms with Gasteiger partial charge in [0.2, 0.25) is 0 Å². The second kappa shape index (κ2) is 7.35. The van der Waals surface area contributed by atoms with Crippen LogP contribution in [-0.2, 0) is 10.9 Å². The van der Waals surface area contributed by atoms with E-state index in [1.807, 2.05) is 0 Å². The lowest BCUT2D eigenvalue weighted by Crippen LogP contribution is -2.18. The van der Waals surface area contributed by atoms with Crippen LogP contribution in [-0.4, -0.2) is 31.3 Å². The monoisotopic (exact) mass is 366 g/mol. The molecule has 0 aliphatic carbocycles. The predicted molar refractivity (Wildman–Crippen MR) is 89.3 cm³/mol. The van der Waals surface area contributed by atoms with E-state index in [0.717, 1.165) is 12.1 Å². The first-order valence-electron chi connectivity index (χ1n) is 7.82. The number of hydrogen-bond acceptors (Lipinski definition) is 5. The summed E-state index contributed by atoms with van der Waals surface area (Å²) >= 11 is 0. The molecular weight excluding hydrogens is 349 g/mol. The molecule has 8 heteroatoms. The summed E-state index contributed by atoms with van der Waals surface area (Å²) in [4.78, 5) is 4.13. The van der Waals surface area contributed by atoms with E-state index in [0.29, 0.717) is 16.9 Å². The predicted octanol–water partition coefficient (Wildman–Crippen LogP) is 3.48. The van der Waals surface area contributed by atoms with Gasteiger partial charge in [0.1, 0.15) is 12.3 Å². The number of phenols is 1. The molecule has 0 saturated carbocycles. The summed E-state index contributed by atoms with van der Waals surface area (Å²) in [5.41, 5.74) is 0.264. The Morgan fingerprint density at radius 3 is 2.77 bits per heavy atom. The number of alkyl halides is 3. The van der Waals surface area contributed by atoms with Gasteiger partial charge in [-0.25, -0.2) is 0 Å². The van der Waals surface area contributed by atoms with Crippen molar-refractivity contribution in [2.45, 2.75) is 18.5 Å². The molecule has 3 rings (SSSR count). The molecule has 2 aromatic rings. The Morgan fingerprint density at radius 2 is 2.04 bits per heavy atom. The van der Waals surface area contributed by atoms with E-state index in [1.54, 1.807) is 24.3 Å². The van der Waals surface area contributed by atoms with Gasteiger partial charge in [-0.2, -0.15) is 13.2 Å². The first kappa shape index (κ1) is 18.2. The number of epoxide rings is 1. The molecule has 1 aliphatic heterocycles. The number of nitrogens with zero attached hydrogens (tertiary/aromatic N) is 1. The molecule has 2 atom stereocenters. The fourth-order valence-electron chi connectivity index (χ4n) is 2.51. The molecular formula is C18H17F3N2O3. The highest BCUT2D eigenvalue weighted by molar-refractivity contribution is 5.84. The first-order valence-corrected chi connectivity index (χ1v) is 7.82. The molecule has 0 radical (unpaired) electrons. The van der Waals surface area contributed by atoms with Crippen LogP contribution < -0.4 is 10.1 Å². The molecule has 1 saturated heterocycles. The normalized spacial score (nSPS) is 19.7. The van der Waals surface area contributed by atoms with Gasteiger partial charge in [0.25, 0.3) is 0 Å². The smallest absolute Gasteiger partial charge is 0.416 e. The number of halogens is 3. The van der Waals surface area contributed by atoms with E-state index >= 15 is 0 Å². The number of aliphatic imine (C=N–C) groups is 1. The van der Waals surface area contributed by atoms with Crippen molar-refractivity contribution in [2.24, 2.45) is 4.99 Å². The number of phenolic OH excluding ortho intramolecular Hbond substituents is 1. The van der Waals surface area contributed by atoms with E-state index in [1.165, 1.54) is 19.4 Å². The third-order valence-electron chi connectivity index (χ3n) is 3.90. The van der Waals surface area contributed by atoms with Crippen LogP contribution in [0.4, 0.5) is 13.2 Å². The van der Waals surface area contributed by atoms with Gasteiger partial charge in [0, 0.05) is 11.8 Å². The zero-order valence-corrected chi connectivity index (χ0v) is 13.8. The lowest BCUT2D eigenvalue weighted by atomic mass is 10.1. The van der Waals surface area contributed by atoms with Gasteiger partial charge < -0.3 is 14.6 Å². The number of methoxy groups -OCH3 is 1. The molecule has 5 nitrogen and oxygen atoms in total. The van der Waals surface area contributed by atoms with Crippen LogP contribution in [0.15, 0.2) is 47.5 Å². The fourth-order valence-corrected chi connectivity index (χ4v) is 2.51. The number of rotatable bonds is 6. The summed E-state index contributed by atoms with van der Waals surface area (Å²) in [5, 5.41) is 12.9. The Morgan fingerprint density at radius 1 is 1.27 bits per heavy atom. The van der Waals surface area contributed by atoms with E-state index in [4.69, 9.17) is 9.47 Å². The summed E-state index contributed by atoms with van der Waals surface area (Å²) in [7, 11) is 1.45. The summed E-state index contributed by atoms with van der Waals surface area (Å²) in [6, 6.07) is 10.1. The average Bonchev–Trinajstić information content (AvgIpc) is 3.39. The maximum absolute atomic E-state index is 12.7. The molecule has 138 valence electrons. The minimum atomic E-state index is -4.38. The molecule has 2 aromatic carbocycles. The van der Waals surface area contributed by atoms with Gasteiger partial charge in [0.05, 0.1) is 19.3 Å². The van der Waals surface area contributed by atoms with Crippen LogP contribution in [0.5, 0.6) is 11.5 Å². The van der Waals surface area contributed by atoms with Gasteiger partial charge >= 0.3 is 6.18 Å². The van der Waals surface area contributed by atoms with Crippen LogP contribution in [0.25, 0.3) is 0 Å². The quantitative estimate of drug-likeness (QED) is 0.607. The highest BCUT2D eigenvalue weighted by atomic mass is 19.4. The Hall–Kier alpha value is -2.58. The second-order valence-electron chi connectivity index (χ2n) is 5.67. The first-order chi connectivity index (χ1) is 12.4. The maximum atomic E-state index is 12.7. The zero-order valence-electron chi connectivity index (χ0n) is 13.8. The van der Waals surface area contributed by atoms with Crippen molar-refractivity contribution in [3.8, 4) is 11.5 Å². The number of nitrogens with one attached hydrogen (secondary N) is 1. The Labute approximate surface area is 148 Å². The Kier molecular flexibility index (Phi) is 5.15. The van der Waals surface area contributed by atoms with E-state index in [9.17, 15) is 18.3 Å². The number of para-hydroxylation sites is 1. The molecule has 0 amide bonds. The van der Waals surface area contributed by atoms with Crippen molar-refractivity contribution in [3.05, 3.63) is 59.2 Å². The number of benzene rings is 2. The standard InChI is InChI=1S/C18H17F3N2O3/c1-25-14-7-3-5-12(15(14)24)9-22-10-23-17-16(26-17)11-4-2-6-13(8-11)18(19,20)21/h2-9,16-17,23-24H,10H2,1H3/b22-9+. The van der Waals surface area contributed by atoms with Crippen molar-refractivity contribution in [1.82, 2.24) is 5.32 Å². The SMILES string of the molecule is COc1cccc(/C=N/CNC2OC2c2cccc(C(F)(F)F)c2)c1O. The van der Waals surface area contributed by atoms with Crippen LogP contribution in [0, 0.1) is 0 Å². The highest BCUT2D eigenvalue weighted by Crippen LogP contribution is 2.39. The zero-order chi connectivity index (χ0) is 18.7. The van der Waals surface area contributed by atoms with Crippen molar-refractivity contribution < 1.29 is 27.8 Å². The summed E-state index contributed by atoms with van der Waals surface area (Å²) < 4.78 is 48.6. The van der Waals surface area contributed by atoms with Crippen LogP contribution in [0.1, 0.15) is 22.8 Å². The molecule has 1 fully saturated rings. The van der Waals surface area contributed by atoms with Crippen molar-refractivity contribution in [2.75, 3.05) is 13.8 Å². The van der Waals surface area contributed by atoms with Crippen molar-refractivity contribution >= 4 is 6.21 Å². The van der Waals surface area contributed by atoms with Gasteiger partial charge in [-0.3, -0.25) is 10.3 Å². The van der Waals surface area contributed by atoms with E-state index < -0.39 is 24.1 Å². The molecule has 1 aliphatic rings. The Balaban J connectivity index is 1.54. The highest BCUT2D eigenvalue weighted by Gasteiger charge is 2.41. The van der Waals surface area contributed by atoms with Gasteiger partial charge in [-0.05, 0) is 29.8 Å². The van der Waals surface area contributed by atoms with Crippen LogP contribution in [0.3, 0.4) is 0 Å². The maximum Gasteiger partial charge on any atom is 0.416 e. The number of aromatic hydroxyl groups is 1. The fraction of sp³-hybridized carbons (Fsp3) is 0.278. The molecule has 26 heavy (non-hydrogen) atoms. The van der Waals surface area contributed by atoms with Crippen LogP contribution >= 0.6 is 0 Å². The van der Waals surface area contributed by atoms with E-state index in [-0.39, 0.29) is 12.4 Å². The minimum absolute atomic E-state index is 0.0109. The topological polar surface area (TPSA) is 66.4 Å². The van der Waals surface area contributed by atoms with E-state index in [2.05, 4.69) is 10.3 Å². The van der Waals surface area contributed by atoms with Crippen molar-refractivity contribution in [1.29, 1.82) is 0 Å². The molecule has 2 unspecified atom stereocenters. The lowest BCUT2D eigenvalue weighted by Gasteiger charge is -2.07. The largest absolute Gasteiger partial charge is 0.504 e. The third kappa shape index (κ3) is 4.14. The molecule has 2 N–H and O–H groups in total. The molecule has 0 spiro atoms. The summed E-state index contributed by atoms with van der Waals surface area (Å²) in [6.45, 7) is 0.191. The third-order valence-corrected chi connectivity index (χ3v) is 3.90. The lowest BCUT2D eigenvalue weighted by molar-refractivity contribution is -0.137. The Bertz CT molecular complexity index is 809. The summed E-state index contributed by atoms with van der Waals surface area (Å²) in [6.07, 6.45) is -3.73. The summed E-state index contributed by atoms with van der Waals surface area (Å²) in [5.74, 6) is 0.334. The molecule has 0 aromatic heterocycles. The average molecular weight is 366 g/mol. The number of hydrogen-bond donors (Lipinski definition) is 2. The van der Waals surface area contributed by atoms with Gasteiger partial charge in [0.15, 0.2) is 11.5 Å².